The summed E-state index contributed by atoms with van der Waals surface area (Å²) in [6.07, 6.45) is 0. The van der Waals surface area contributed by atoms with Crippen LogP contribution < -0.4 is 5.32 Å². The van der Waals surface area contributed by atoms with Gasteiger partial charge >= 0.3 is 5.97 Å². The van der Waals surface area contributed by atoms with E-state index >= 15 is 0 Å². The second-order valence-electron chi connectivity index (χ2n) is 5.72. The van der Waals surface area contributed by atoms with Crippen LogP contribution in [0, 0.1) is 6.92 Å². The van der Waals surface area contributed by atoms with Crippen LogP contribution in [0.2, 0.25) is 0 Å². The van der Waals surface area contributed by atoms with Crippen molar-refractivity contribution in [2.24, 2.45) is 0 Å². The fourth-order valence-electron chi connectivity index (χ4n) is 2.75. The van der Waals surface area contributed by atoms with Crippen LogP contribution in [0.25, 0.3) is 11.1 Å². The Morgan fingerprint density at radius 3 is 2.33 bits per heavy atom. The molecule has 0 aliphatic carbocycles. The minimum Gasteiger partial charge on any atom is -0.478 e. The number of hydrogen-bond donors (Lipinski definition) is 2. The average molecular weight is 317 g/mol. The predicted octanol–water partition coefficient (Wildman–Crippen LogP) is 4.97. The lowest BCUT2D eigenvalue weighted by Gasteiger charge is -2.13. The Labute approximate surface area is 141 Å². The lowest BCUT2D eigenvalue weighted by molar-refractivity contribution is 0.0697. The number of hydrogen-bond acceptors (Lipinski definition) is 2. The monoisotopic (exact) mass is 317 g/mol. The molecule has 0 atom stereocenters. The molecule has 0 saturated heterocycles. The third kappa shape index (κ3) is 3.46. The largest absolute Gasteiger partial charge is 0.478 e. The molecule has 0 aliphatic heterocycles. The molecule has 120 valence electrons. The van der Waals surface area contributed by atoms with Gasteiger partial charge in [0.05, 0.1) is 5.56 Å². The normalized spacial score (nSPS) is 10.4. The fourth-order valence-corrected chi connectivity index (χ4v) is 2.75. The van der Waals surface area contributed by atoms with E-state index in [1.165, 1.54) is 0 Å². The van der Waals surface area contributed by atoms with Gasteiger partial charge < -0.3 is 10.4 Å². The van der Waals surface area contributed by atoms with Gasteiger partial charge in [0.25, 0.3) is 0 Å². The molecule has 3 rings (SSSR count). The second kappa shape index (κ2) is 7.01. The molecule has 0 amide bonds. The van der Waals surface area contributed by atoms with Crippen LogP contribution in [0.4, 0.5) is 5.69 Å². The van der Waals surface area contributed by atoms with Gasteiger partial charge in [-0.05, 0) is 53.4 Å². The Balaban J connectivity index is 1.94. The van der Waals surface area contributed by atoms with Gasteiger partial charge in [-0.3, -0.25) is 0 Å². The third-order valence-electron chi connectivity index (χ3n) is 4.02. The summed E-state index contributed by atoms with van der Waals surface area (Å²) < 4.78 is 0. The standard InChI is InChI=1S/C21H19NO2/c1-15-7-5-6-10-18(15)20-13-16(11-12-19(20)21(23)24)14-22-17-8-3-2-4-9-17/h2-13,22H,14H2,1H3,(H,23,24). The van der Waals surface area contributed by atoms with Crippen LogP contribution in [0.1, 0.15) is 21.5 Å². The van der Waals surface area contributed by atoms with Crippen molar-refractivity contribution in [2.75, 3.05) is 5.32 Å². The molecule has 2 N–H and O–H groups in total. The number of carboxylic acids is 1. The Morgan fingerprint density at radius 2 is 1.62 bits per heavy atom. The van der Waals surface area contributed by atoms with Gasteiger partial charge in [0.1, 0.15) is 0 Å². The Hall–Kier alpha value is -3.07. The summed E-state index contributed by atoms with van der Waals surface area (Å²) in [7, 11) is 0. The highest BCUT2D eigenvalue weighted by Gasteiger charge is 2.13. The third-order valence-corrected chi connectivity index (χ3v) is 4.02. The molecule has 0 radical (unpaired) electrons. The van der Waals surface area contributed by atoms with Crippen molar-refractivity contribution in [3.8, 4) is 11.1 Å². The molecule has 0 heterocycles. The van der Waals surface area contributed by atoms with Crippen LogP contribution in [-0.4, -0.2) is 11.1 Å². The molecule has 3 heteroatoms. The van der Waals surface area contributed by atoms with Crippen LogP contribution in [0.3, 0.4) is 0 Å². The minimum absolute atomic E-state index is 0.327. The van der Waals surface area contributed by atoms with Crippen molar-refractivity contribution in [3.63, 3.8) is 0 Å². The van der Waals surface area contributed by atoms with Gasteiger partial charge in [-0.25, -0.2) is 4.79 Å². The number of rotatable bonds is 5. The van der Waals surface area contributed by atoms with Crippen LogP contribution in [0.15, 0.2) is 72.8 Å². The van der Waals surface area contributed by atoms with E-state index in [0.29, 0.717) is 12.1 Å². The van der Waals surface area contributed by atoms with Gasteiger partial charge in [0.15, 0.2) is 0 Å². The van der Waals surface area contributed by atoms with Crippen LogP contribution in [-0.2, 0) is 6.54 Å². The molecule has 0 aliphatic rings. The molecule has 24 heavy (non-hydrogen) atoms. The first-order chi connectivity index (χ1) is 11.6. The van der Waals surface area contributed by atoms with Gasteiger partial charge in [0.2, 0.25) is 0 Å². The number of benzene rings is 3. The van der Waals surface area contributed by atoms with E-state index in [9.17, 15) is 9.90 Å². The first-order valence-corrected chi connectivity index (χ1v) is 7.86. The molecule has 3 aromatic carbocycles. The highest BCUT2D eigenvalue weighted by Crippen LogP contribution is 2.28. The summed E-state index contributed by atoms with van der Waals surface area (Å²) in [6.45, 7) is 2.64. The summed E-state index contributed by atoms with van der Waals surface area (Å²) in [4.78, 5) is 11.6. The summed E-state index contributed by atoms with van der Waals surface area (Å²) in [5.74, 6) is -0.907. The van der Waals surface area contributed by atoms with E-state index in [1.807, 2.05) is 73.7 Å². The lowest BCUT2D eigenvalue weighted by Crippen LogP contribution is -2.04. The quantitative estimate of drug-likeness (QED) is 0.698. The molecular weight excluding hydrogens is 298 g/mol. The zero-order chi connectivity index (χ0) is 16.9. The van der Waals surface area contributed by atoms with Crippen molar-refractivity contribution < 1.29 is 9.90 Å². The Bertz CT molecular complexity index is 857. The maximum Gasteiger partial charge on any atom is 0.336 e. The predicted molar refractivity (Wildman–Crippen MR) is 97.3 cm³/mol. The second-order valence-corrected chi connectivity index (χ2v) is 5.72. The van der Waals surface area contributed by atoms with Crippen molar-refractivity contribution in [2.45, 2.75) is 13.5 Å². The molecule has 0 saturated carbocycles. The molecule has 0 spiro atoms. The highest BCUT2D eigenvalue weighted by atomic mass is 16.4. The molecule has 3 aromatic rings. The number of carbonyl (C=O) groups is 1. The number of carboxylic acid groups (broad SMARTS) is 1. The van der Waals surface area contributed by atoms with E-state index < -0.39 is 5.97 Å². The highest BCUT2D eigenvalue weighted by molar-refractivity contribution is 5.96. The van der Waals surface area contributed by atoms with E-state index in [-0.39, 0.29) is 0 Å². The summed E-state index contributed by atoms with van der Waals surface area (Å²) in [5, 5.41) is 12.9. The molecule has 3 nitrogen and oxygen atoms in total. The zero-order valence-electron chi connectivity index (χ0n) is 13.5. The smallest absolute Gasteiger partial charge is 0.336 e. The number of nitrogens with one attached hydrogen (secondary N) is 1. The van der Waals surface area contributed by atoms with E-state index in [0.717, 1.165) is 27.9 Å². The number of aromatic carboxylic acids is 1. The fraction of sp³-hybridized carbons (Fsp3) is 0.0952. The first-order valence-electron chi connectivity index (χ1n) is 7.86. The number of aryl methyl sites for hydroxylation is 1. The SMILES string of the molecule is Cc1ccccc1-c1cc(CNc2ccccc2)ccc1C(=O)O. The average Bonchev–Trinajstić information content (AvgIpc) is 2.61. The molecular formula is C21H19NO2. The Morgan fingerprint density at radius 1 is 0.917 bits per heavy atom. The van der Waals surface area contributed by atoms with Crippen molar-refractivity contribution in [3.05, 3.63) is 89.5 Å². The van der Waals surface area contributed by atoms with Gasteiger partial charge in [-0.15, -0.1) is 0 Å². The van der Waals surface area contributed by atoms with Crippen molar-refractivity contribution >= 4 is 11.7 Å². The lowest BCUT2D eigenvalue weighted by atomic mass is 9.94. The number of anilines is 1. The zero-order valence-corrected chi connectivity index (χ0v) is 13.5. The van der Waals surface area contributed by atoms with Gasteiger partial charge in [-0.2, -0.15) is 0 Å². The van der Waals surface area contributed by atoms with E-state index in [4.69, 9.17) is 0 Å². The van der Waals surface area contributed by atoms with Crippen LogP contribution in [0.5, 0.6) is 0 Å². The summed E-state index contributed by atoms with van der Waals surface area (Å²) in [6, 6.07) is 23.3. The van der Waals surface area contributed by atoms with Gasteiger partial charge in [0, 0.05) is 12.2 Å². The van der Waals surface area contributed by atoms with E-state index in [1.54, 1.807) is 6.07 Å². The Kier molecular flexibility index (Phi) is 4.62. The molecule has 0 unspecified atom stereocenters. The van der Waals surface area contributed by atoms with Crippen molar-refractivity contribution in [1.29, 1.82) is 0 Å². The molecule has 0 fully saturated rings. The maximum atomic E-state index is 11.6. The summed E-state index contributed by atoms with van der Waals surface area (Å²) in [5.41, 5.74) is 5.18. The van der Waals surface area contributed by atoms with Gasteiger partial charge in [-0.1, -0.05) is 48.5 Å². The minimum atomic E-state index is -0.907. The summed E-state index contributed by atoms with van der Waals surface area (Å²) >= 11 is 0. The topological polar surface area (TPSA) is 49.3 Å². The van der Waals surface area contributed by atoms with Crippen molar-refractivity contribution in [1.82, 2.24) is 0 Å². The first kappa shape index (κ1) is 15.8. The molecule has 0 aromatic heterocycles. The molecule has 0 bridgehead atoms. The van der Waals surface area contributed by atoms with E-state index in [2.05, 4.69) is 5.32 Å². The maximum absolute atomic E-state index is 11.6. The van der Waals surface area contributed by atoms with Crippen LogP contribution >= 0.6 is 0 Å². The number of para-hydroxylation sites is 1.